The van der Waals surface area contributed by atoms with Crippen LogP contribution in [0.5, 0.6) is 0 Å². The van der Waals surface area contributed by atoms with E-state index in [1.807, 2.05) is 0 Å². The average molecular weight is 328 g/mol. The molecule has 0 radical (unpaired) electrons. The molecule has 0 amide bonds. The molecule has 0 spiro atoms. The molecule has 0 saturated carbocycles. The maximum atomic E-state index is 13.2. The zero-order valence-corrected chi connectivity index (χ0v) is 11.2. The van der Waals surface area contributed by atoms with Crippen LogP contribution < -0.4 is 0 Å². The van der Waals surface area contributed by atoms with E-state index >= 15 is 0 Å². The molecule has 3 aromatic rings. The van der Waals surface area contributed by atoms with E-state index in [1.54, 1.807) is 22.7 Å². The minimum absolute atomic E-state index is 0.333. The number of rotatable bonds is 1. The Morgan fingerprint density at radius 3 is 2.83 bits per heavy atom. The van der Waals surface area contributed by atoms with E-state index < -0.39 is 0 Å². The second kappa shape index (κ2) is 4.29. The number of nitrogens with zero attached hydrogens (tertiary/aromatic N) is 4. The maximum absolute atomic E-state index is 13.2. The molecular weight excluding hydrogens is 323 g/mol. The van der Waals surface area contributed by atoms with Crippen molar-refractivity contribution in [2.45, 2.75) is 0 Å². The first-order valence-electron chi connectivity index (χ1n) is 4.97. The van der Waals surface area contributed by atoms with Gasteiger partial charge in [0.2, 0.25) is 0 Å². The predicted octanol–water partition coefficient (Wildman–Crippen LogP) is 3.35. The highest BCUT2D eigenvalue weighted by atomic mass is 79.9. The Bertz CT molecular complexity index is 743. The largest absolute Gasteiger partial charge is 0.262 e. The minimum atomic E-state index is -0.333. The van der Waals surface area contributed by atoms with E-state index in [-0.39, 0.29) is 5.82 Å². The Labute approximate surface area is 115 Å². The lowest BCUT2D eigenvalue weighted by molar-refractivity contribution is 0.621. The van der Waals surface area contributed by atoms with Crippen molar-refractivity contribution in [1.29, 1.82) is 0 Å². The Kier molecular flexibility index (Phi) is 2.76. The molecule has 4 nitrogen and oxygen atoms in total. The van der Waals surface area contributed by atoms with Crippen LogP contribution in [0.3, 0.4) is 0 Å². The average Bonchev–Trinajstić information content (AvgIpc) is 2.78. The fraction of sp³-hybridized carbons (Fsp3) is 0. The van der Waals surface area contributed by atoms with Crippen molar-refractivity contribution in [3.63, 3.8) is 0 Å². The van der Waals surface area contributed by atoms with Crippen molar-refractivity contribution >= 4 is 33.2 Å². The van der Waals surface area contributed by atoms with Crippen LogP contribution in [-0.4, -0.2) is 19.6 Å². The van der Waals surface area contributed by atoms with E-state index in [0.29, 0.717) is 26.7 Å². The van der Waals surface area contributed by atoms with Crippen LogP contribution >= 0.6 is 27.5 Å². The van der Waals surface area contributed by atoms with Gasteiger partial charge in [-0.2, -0.15) is 0 Å². The van der Waals surface area contributed by atoms with Crippen molar-refractivity contribution in [1.82, 2.24) is 19.6 Å². The summed E-state index contributed by atoms with van der Waals surface area (Å²) in [6.07, 6.45) is 3.06. The third kappa shape index (κ3) is 1.77. The zero-order chi connectivity index (χ0) is 12.7. The van der Waals surface area contributed by atoms with Crippen molar-refractivity contribution in [3.05, 3.63) is 46.0 Å². The summed E-state index contributed by atoms with van der Waals surface area (Å²) in [6, 6.07) is 4.60. The van der Waals surface area contributed by atoms with Gasteiger partial charge in [-0.3, -0.25) is 9.38 Å². The van der Waals surface area contributed by atoms with Crippen LogP contribution in [0.1, 0.15) is 0 Å². The highest BCUT2D eigenvalue weighted by Gasteiger charge is 2.12. The molecule has 0 unspecified atom stereocenters. The second-order valence-electron chi connectivity index (χ2n) is 3.58. The van der Waals surface area contributed by atoms with Gasteiger partial charge < -0.3 is 0 Å². The fourth-order valence-electron chi connectivity index (χ4n) is 1.64. The van der Waals surface area contributed by atoms with Crippen LogP contribution in [0.15, 0.2) is 35.1 Å². The van der Waals surface area contributed by atoms with Gasteiger partial charge in [0.1, 0.15) is 11.0 Å². The molecule has 0 N–H and O–H groups in total. The van der Waals surface area contributed by atoms with Gasteiger partial charge in [0.15, 0.2) is 11.5 Å². The van der Waals surface area contributed by atoms with E-state index in [9.17, 15) is 4.39 Å². The maximum Gasteiger partial charge on any atom is 0.180 e. The van der Waals surface area contributed by atoms with E-state index in [1.165, 1.54) is 12.3 Å². The first-order valence-corrected chi connectivity index (χ1v) is 6.14. The molecule has 0 atom stereocenters. The molecular formula is C11H5BrClFN4. The lowest BCUT2D eigenvalue weighted by Crippen LogP contribution is -1.92. The van der Waals surface area contributed by atoms with Gasteiger partial charge in [-0.15, -0.1) is 10.2 Å². The van der Waals surface area contributed by atoms with E-state index in [4.69, 9.17) is 11.6 Å². The van der Waals surface area contributed by atoms with Gasteiger partial charge in [0, 0.05) is 5.56 Å². The molecule has 0 fully saturated rings. The number of hydrogen-bond donors (Lipinski definition) is 0. The molecule has 2 heterocycles. The molecule has 3 rings (SSSR count). The smallest absolute Gasteiger partial charge is 0.180 e. The summed E-state index contributed by atoms with van der Waals surface area (Å²) in [5.41, 5.74) is 1.25. The first kappa shape index (κ1) is 11.6. The Hall–Kier alpha value is -1.53. The summed E-state index contributed by atoms with van der Waals surface area (Å²) in [5.74, 6) is 0.207. The molecule has 0 aliphatic heterocycles. The molecule has 0 saturated heterocycles. The summed E-state index contributed by atoms with van der Waals surface area (Å²) in [7, 11) is 0. The van der Waals surface area contributed by atoms with Gasteiger partial charge >= 0.3 is 0 Å². The fourth-order valence-corrected chi connectivity index (χ4v) is 2.24. The number of fused-ring (bicyclic) bond motifs is 1. The van der Waals surface area contributed by atoms with E-state index in [0.717, 1.165) is 0 Å². The zero-order valence-electron chi connectivity index (χ0n) is 8.81. The lowest BCUT2D eigenvalue weighted by Gasteiger charge is -2.02. The standard InChI is InChI=1S/C11H5BrClFN4/c12-7-3-6(1-2-8(7)14)11-17-16-10-5-15-4-9(13)18(10)11/h1-5H. The highest BCUT2D eigenvalue weighted by molar-refractivity contribution is 9.10. The van der Waals surface area contributed by atoms with Crippen molar-refractivity contribution < 1.29 is 4.39 Å². The van der Waals surface area contributed by atoms with Crippen LogP contribution in [0.25, 0.3) is 17.0 Å². The van der Waals surface area contributed by atoms with Crippen molar-refractivity contribution in [2.24, 2.45) is 0 Å². The third-order valence-corrected chi connectivity index (χ3v) is 3.32. The van der Waals surface area contributed by atoms with Crippen LogP contribution in [-0.2, 0) is 0 Å². The number of halogens is 3. The van der Waals surface area contributed by atoms with Crippen LogP contribution in [0.4, 0.5) is 4.39 Å². The lowest BCUT2D eigenvalue weighted by atomic mass is 10.2. The SMILES string of the molecule is Fc1ccc(-c2nnc3cncc(Cl)n23)cc1Br. The Morgan fingerprint density at radius 2 is 2.06 bits per heavy atom. The predicted molar refractivity (Wildman–Crippen MR) is 68.9 cm³/mol. The van der Waals surface area contributed by atoms with Crippen molar-refractivity contribution in [2.75, 3.05) is 0 Å². The van der Waals surface area contributed by atoms with Gasteiger partial charge in [-0.05, 0) is 34.1 Å². The Morgan fingerprint density at radius 1 is 1.22 bits per heavy atom. The van der Waals surface area contributed by atoms with Gasteiger partial charge in [-0.1, -0.05) is 11.6 Å². The molecule has 0 aliphatic carbocycles. The summed E-state index contributed by atoms with van der Waals surface area (Å²) in [4.78, 5) is 3.93. The molecule has 2 aromatic heterocycles. The molecule has 18 heavy (non-hydrogen) atoms. The quantitative estimate of drug-likeness (QED) is 0.688. The monoisotopic (exact) mass is 326 g/mol. The molecule has 0 aliphatic rings. The van der Waals surface area contributed by atoms with Crippen molar-refractivity contribution in [3.8, 4) is 11.4 Å². The third-order valence-electron chi connectivity index (χ3n) is 2.45. The molecule has 1 aromatic carbocycles. The molecule has 90 valence electrons. The van der Waals surface area contributed by atoms with Crippen LogP contribution in [0.2, 0.25) is 5.15 Å². The second-order valence-corrected chi connectivity index (χ2v) is 4.82. The van der Waals surface area contributed by atoms with Gasteiger partial charge in [0.25, 0.3) is 0 Å². The molecule has 0 bridgehead atoms. The van der Waals surface area contributed by atoms with E-state index in [2.05, 4.69) is 31.1 Å². The molecule has 7 heteroatoms. The van der Waals surface area contributed by atoms with Gasteiger partial charge in [0.05, 0.1) is 16.9 Å². The summed E-state index contributed by atoms with van der Waals surface area (Å²) < 4.78 is 15.2. The normalized spacial score (nSPS) is 11.1. The summed E-state index contributed by atoms with van der Waals surface area (Å²) in [6.45, 7) is 0. The number of aromatic nitrogens is 4. The minimum Gasteiger partial charge on any atom is -0.262 e. The number of hydrogen-bond acceptors (Lipinski definition) is 3. The summed E-state index contributed by atoms with van der Waals surface area (Å²) in [5, 5.41) is 8.40. The number of benzene rings is 1. The highest BCUT2D eigenvalue weighted by Crippen LogP contribution is 2.25. The van der Waals surface area contributed by atoms with Gasteiger partial charge in [-0.25, -0.2) is 4.39 Å². The first-order chi connectivity index (χ1) is 8.66. The topological polar surface area (TPSA) is 43.1 Å². The van der Waals surface area contributed by atoms with Crippen LogP contribution in [0, 0.1) is 5.82 Å². The Balaban J connectivity index is 2.28. The summed E-state index contributed by atoms with van der Waals surface area (Å²) >= 11 is 9.20.